The van der Waals surface area contributed by atoms with Crippen LogP contribution in [0.1, 0.15) is 24.8 Å². The Kier molecular flexibility index (Phi) is 7.58. The normalized spacial score (nSPS) is 15.0. The van der Waals surface area contributed by atoms with Gasteiger partial charge in [0, 0.05) is 41.3 Å². The van der Waals surface area contributed by atoms with Crippen LogP contribution >= 0.6 is 27.7 Å². The summed E-state index contributed by atoms with van der Waals surface area (Å²) >= 11 is 5.20. The van der Waals surface area contributed by atoms with Crippen molar-refractivity contribution < 1.29 is 4.74 Å². The van der Waals surface area contributed by atoms with Gasteiger partial charge in [0.2, 0.25) is 0 Å². The molecule has 0 aliphatic carbocycles. The number of ether oxygens (including phenoxy) is 1. The van der Waals surface area contributed by atoms with E-state index in [1.165, 1.54) is 32.4 Å². The second kappa shape index (κ2) is 10.1. The molecular formula is C19H25BrN4OS. The van der Waals surface area contributed by atoms with Crippen molar-refractivity contribution in [3.05, 3.63) is 40.6 Å². The Balaban J connectivity index is 1.57. The van der Waals surface area contributed by atoms with E-state index in [4.69, 9.17) is 4.74 Å². The van der Waals surface area contributed by atoms with Gasteiger partial charge < -0.3 is 15.0 Å². The number of thioether (sulfide) groups is 1. The third kappa shape index (κ3) is 5.59. The third-order valence-corrected chi connectivity index (χ3v) is 5.96. The van der Waals surface area contributed by atoms with Gasteiger partial charge in [-0.2, -0.15) is 0 Å². The van der Waals surface area contributed by atoms with Gasteiger partial charge in [-0.25, -0.2) is 9.97 Å². The van der Waals surface area contributed by atoms with Crippen molar-refractivity contribution in [2.75, 3.05) is 38.6 Å². The molecule has 3 rings (SSSR count). The molecule has 1 saturated heterocycles. The first kappa shape index (κ1) is 19.5. The molecule has 1 fully saturated rings. The van der Waals surface area contributed by atoms with Crippen LogP contribution in [0.3, 0.4) is 0 Å². The summed E-state index contributed by atoms with van der Waals surface area (Å²) in [4.78, 5) is 11.5. The first-order valence-electron chi connectivity index (χ1n) is 8.98. The molecule has 5 nitrogen and oxygen atoms in total. The molecule has 0 saturated carbocycles. The van der Waals surface area contributed by atoms with Gasteiger partial charge in [0.15, 0.2) is 5.82 Å². The van der Waals surface area contributed by atoms with E-state index in [2.05, 4.69) is 42.2 Å². The van der Waals surface area contributed by atoms with Crippen LogP contribution in [-0.4, -0.2) is 48.2 Å². The summed E-state index contributed by atoms with van der Waals surface area (Å²) in [7, 11) is 1.70. The van der Waals surface area contributed by atoms with E-state index in [-0.39, 0.29) is 0 Å². The van der Waals surface area contributed by atoms with Gasteiger partial charge in [-0.15, -0.1) is 0 Å². The summed E-state index contributed by atoms with van der Waals surface area (Å²) in [6.07, 6.45) is 7.50. The molecule has 2 aromatic rings. The summed E-state index contributed by atoms with van der Waals surface area (Å²) in [5, 5.41) is 4.38. The number of rotatable bonds is 8. The third-order valence-electron chi connectivity index (χ3n) is 4.44. The summed E-state index contributed by atoms with van der Waals surface area (Å²) in [5.41, 5.74) is 1.14. The molecule has 140 valence electrons. The molecule has 1 aromatic carbocycles. The maximum Gasteiger partial charge on any atom is 0.158 e. The van der Waals surface area contributed by atoms with Crippen LogP contribution in [0.2, 0.25) is 0 Å². The maximum absolute atomic E-state index is 5.46. The van der Waals surface area contributed by atoms with Gasteiger partial charge in [-0.05, 0) is 44.1 Å². The zero-order valence-corrected chi connectivity index (χ0v) is 17.5. The van der Waals surface area contributed by atoms with Crippen LogP contribution in [0.25, 0.3) is 0 Å². The lowest BCUT2D eigenvalue weighted by Crippen LogP contribution is -2.33. The zero-order chi connectivity index (χ0) is 18.2. The molecule has 0 bridgehead atoms. The van der Waals surface area contributed by atoms with Crippen molar-refractivity contribution in [1.29, 1.82) is 0 Å². The van der Waals surface area contributed by atoms with Crippen LogP contribution in [0.15, 0.2) is 40.1 Å². The largest absolute Gasteiger partial charge is 0.496 e. The maximum atomic E-state index is 5.46. The number of nitrogens with one attached hydrogen (secondary N) is 1. The lowest BCUT2D eigenvalue weighted by molar-refractivity contribution is 0.237. The monoisotopic (exact) mass is 436 g/mol. The lowest BCUT2D eigenvalue weighted by atomic mass is 10.1. The molecule has 0 amide bonds. The highest BCUT2D eigenvalue weighted by molar-refractivity contribution is 9.10. The highest BCUT2D eigenvalue weighted by Crippen LogP contribution is 2.31. The molecule has 1 aliphatic rings. The average molecular weight is 437 g/mol. The molecule has 1 aliphatic heterocycles. The zero-order valence-electron chi connectivity index (χ0n) is 15.1. The number of halogens is 1. The van der Waals surface area contributed by atoms with E-state index in [9.17, 15) is 0 Å². The molecule has 26 heavy (non-hydrogen) atoms. The average Bonchev–Trinajstić information content (AvgIpc) is 2.68. The quantitative estimate of drug-likeness (QED) is 0.617. The highest BCUT2D eigenvalue weighted by atomic mass is 79.9. The smallest absolute Gasteiger partial charge is 0.158 e. The number of piperidine rings is 1. The Labute approximate surface area is 168 Å². The predicted molar refractivity (Wildman–Crippen MR) is 111 cm³/mol. The molecule has 0 atom stereocenters. The molecule has 1 aromatic heterocycles. The van der Waals surface area contributed by atoms with Crippen molar-refractivity contribution >= 4 is 33.5 Å². The minimum Gasteiger partial charge on any atom is -0.496 e. The fourth-order valence-corrected chi connectivity index (χ4v) is 4.40. The van der Waals surface area contributed by atoms with Crippen molar-refractivity contribution in [3.63, 3.8) is 0 Å². The summed E-state index contributed by atoms with van der Waals surface area (Å²) < 4.78 is 6.51. The Morgan fingerprint density at radius 2 is 2.00 bits per heavy atom. The van der Waals surface area contributed by atoms with Gasteiger partial charge in [-0.1, -0.05) is 34.1 Å². The summed E-state index contributed by atoms with van der Waals surface area (Å²) in [5.74, 6) is 2.54. The fourth-order valence-electron chi connectivity index (χ4n) is 3.07. The van der Waals surface area contributed by atoms with Gasteiger partial charge in [0.05, 0.1) is 7.11 Å². The number of anilines is 1. The van der Waals surface area contributed by atoms with Crippen molar-refractivity contribution in [1.82, 2.24) is 14.9 Å². The Morgan fingerprint density at radius 3 is 2.81 bits per heavy atom. The molecule has 2 heterocycles. The SMILES string of the molecule is COc1ccc(Br)cc1CSc1nccnc1NCCN1CCCCC1. The van der Waals surface area contributed by atoms with Crippen LogP contribution in [0, 0.1) is 0 Å². The number of methoxy groups -OCH3 is 1. The van der Waals surface area contributed by atoms with Crippen LogP contribution < -0.4 is 10.1 Å². The standard InChI is InChI=1S/C19H25BrN4OS/c1-25-17-6-5-16(20)13-15(17)14-26-19-18(21-7-8-23-19)22-9-12-24-10-3-2-4-11-24/h5-8,13H,2-4,9-12,14H2,1H3,(H,21,22). The topological polar surface area (TPSA) is 50.3 Å². The van der Waals surface area contributed by atoms with E-state index in [0.29, 0.717) is 0 Å². The number of hydrogen-bond acceptors (Lipinski definition) is 6. The van der Waals surface area contributed by atoms with Gasteiger partial charge in [0.1, 0.15) is 10.8 Å². The minimum atomic E-state index is 0.780. The van der Waals surface area contributed by atoms with Crippen molar-refractivity contribution in [2.24, 2.45) is 0 Å². The molecule has 0 unspecified atom stereocenters. The van der Waals surface area contributed by atoms with Gasteiger partial charge in [-0.3, -0.25) is 0 Å². The molecule has 7 heteroatoms. The second-order valence-corrected chi connectivity index (χ2v) is 8.16. The molecule has 1 N–H and O–H groups in total. The van der Waals surface area contributed by atoms with Gasteiger partial charge in [0.25, 0.3) is 0 Å². The fraction of sp³-hybridized carbons (Fsp3) is 0.474. The molecule has 0 spiro atoms. The predicted octanol–water partition coefficient (Wildman–Crippen LogP) is 4.44. The summed E-state index contributed by atoms with van der Waals surface area (Å²) in [6.45, 7) is 4.38. The Morgan fingerprint density at radius 1 is 1.19 bits per heavy atom. The van der Waals surface area contributed by atoms with E-state index in [1.807, 2.05) is 12.1 Å². The van der Waals surface area contributed by atoms with Crippen LogP contribution in [-0.2, 0) is 5.75 Å². The number of nitrogens with zero attached hydrogens (tertiary/aromatic N) is 3. The number of hydrogen-bond donors (Lipinski definition) is 1. The van der Waals surface area contributed by atoms with E-state index in [0.717, 1.165) is 45.5 Å². The Hall–Kier alpha value is -1.31. The second-order valence-electron chi connectivity index (χ2n) is 6.28. The molecule has 0 radical (unpaired) electrons. The van der Waals surface area contributed by atoms with Crippen LogP contribution in [0.5, 0.6) is 5.75 Å². The number of likely N-dealkylation sites (tertiary alicyclic amines) is 1. The highest BCUT2D eigenvalue weighted by Gasteiger charge is 2.12. The molecular weight excluding hydrogens is 412 g/mol. The number of aromatic nitrogens is 2. The van der Waals surface area contributed by atoms with Crippen molar-refractivity contribution in [2.45, 2.75) is 30.0 Å². The van der Waals surface area contributed by atoms with E-state index in [1.54, 1.807) is 31.3 Å². The van der Waals surface area contributed by atoms with Crippen molar-refractivity contribution in [3.8, 4) is 5.75 Å². The van der Waals surface area contributed by atoms with Crippen LogP contribution in [0.4, 0.5) is 5.82 Å². The Bertz CT molecular complexity index is 710. The van der Waals surface area contributed by atoms with Gasteiger partial charge >= 0.3 is 0 Å². The number of benzene rings is 1. The van der Waals surface area contributed by atoms with E-state index < -0.39 is 0 Å². The first-order valence-corrected chi connectivity index (χ1v) is 10.8. The lowest BCUT2D eigenvalue weighted by Gasteiger charge is -2.26. The first-order chi connectivity index (χ1) is 12.8. The minimum absolute atomic E-state index is 0.780. The van der Waals surface area contributed by atoms with E-state index >= 15 is 0 Å². The summed E-state index contributed by atoms with van der Waals surface area (Å²) in [6, 6.07) is 6.06.